The normalized spacial score (nSPS) is 10.2. The Bertz CT molecular complexity index is 552. The van der Waals surface area contributed by atoms with E-state index in [-0.39, 0.29) is 5.91 Å². The standard InChI is InChI=1S/C14H14BrN3O/c15-11-4-7-13(17-9-11)18-14(19)8-3-10-1-5-12(16)6-2-10/h1-2,4-7,9H,3,8,16H2,(H,17,18,19). The van der Waals surface area contributed by atoms with Crippen molar-refractivity contribution in [2.45, 2.75) is 12.8 Å². The summed E-state index contributed by atoms with van der Waals surface area (Å²) in [5, 5.41) is 2.76. The molecule has 0 saturated carbocycles. The molecule has 3 N–H and O–H groups in total. The van der Waals surface area contributed by atoms with Crippen LogP contribution in [-0.4, -0.2) is 10.9 Å². The van der Waals surface area contributed by atoms with E-state index in [1.165, 1.54) is 0 Å². The SMILES string of the molecule is Nc1ccc(CCC(=O)Nc2ccc(Br)cn2)cc1. The quantitative estimate of drug-likeness (QED) is 0.851. The second-order valence-corrected chi connectivity index (χ2v) is 5.07. The average molecular weight is 320 g/mol. The molecule has 0 atom stereocenters. The van der Waals surface area contributed by atoms with E-state index in [1.54, 1.807) is 12.3 Å². The number of hydrogen-bond acceptors (Lipinski definition) is 3. The summed E-state index contributed by atoms with van der Waals surface area (Å²) >= 11 is 3.29. The van der Waals surface area contributed by atoms with Gasteiger partial charge in [-0.2, -0.15) is 0 Å². The second-order valence-electron chi connectivity index (χ2n) is 4.15. The third-order valence-corrected chi connectivity index (χ3v) is 3.08. The largest absolute Gasteiger partial charge is 0.399 e. The van der Waals surface area contributed by atoms with Crippen LogP contribution in [0.2, 0.25) is 0 Å². The lowest BCUT2D eigenvalue weighted by molar-refractivity contribution is -0.116. The molecule has 1 aromatic carbocycles. The fraction of sp³-hybridized carbons (Fsp3) is 0.143. The summed E-state index contributed by atoms with van der Waals surface area (Å²) < 4.78 is 0.882. The lowest BCUT2D eigenvalue weighted by atomic mass is 10.1. The molecule has 1 aromatic heterocycles. The van der Waals surface area contributed by atoms with Crippen LogP contribution in [0.5, 0.6) is 0 Å². The van der Waals surface area contributed by atoms with Crippen LogP contribution in [0.3, 0.4) is 0 Å². The summed E-state index contributed by atoms with van der Waals surface area (Å²) in [7, 11) is 0. The van der Waals surface area contributed by atoms with Crippen LogP contribution in [0, 0.1) is 0 Å². The summed E-state index contributed by atoms with van der Waals surface area (Å²) in [6, 6.07) is 11.1. The fourth-order valence-electron chi connectivity index (χ4n) is 1.60. The molecule has 1 heterocycles. The molecular formula is C14H14BrN3O. The van der Waals surface area contributed by atoms with Crippen LogP contribution >= 0.6 is 15.9 Å². The third-order valence-electron chi connectivity index (χ3n) is 2.62. The monoisotopic (exact) mass is 319 g/mol. The van der Waals surface area contributed by atoms with E-state index in [0.29, 0.717) is 18.7 Å². The van der Waals surface area contributed by atoms with E-state index in [2.05, 4.69) is 26.2 Å². The molecule has 2 rings (SSSR count). The minimum atomic E-state index is -0.0494. The summed E-state index contributed by atoms with van der Waals surface area (Å²) in [5.74, 6) is 0.511. The van der Waals surface area contributed by atoms with Crippen molar-refractivity contribution in [2.75, 3.05) is 11.1 Å². The van der Waals surface area contributed by atoms with E-state index in [1.807, 2.05) is 30.3 Å². The number of rotatable bonds is 4. The van der Waals surface area contributed by atoms with E-state index in [4.69, 9.17) is 5.73 Å². The predicted molar refractivity (Wildman–Crippen MR) is 79.7 cm³/mol. The van der Waals surface area contributed by atoms with Gasteiger partial charge < -0.3 is 11.1 Å². The van der Waals surface area contributed by atoms with Crippen LogP contribution in [-0.2, 0) is 11.2 Å². The van der Waals surface area contributed by atoms with Gasteiger partial charge in [-0.25, -0.2) is 4.98 Å². The smallest absolute Gasteiger partial charge is 0.225 e. The van der Waals surface area contributed by atoms with Crippen molar-refractivity contribution in [1.82, 2.24) is 4.98 Å². The fourth-order valence-corrected chi connectivity index (χ4v) is 1.83. The van der Waals surface area contributed by atoms with Crippen molar-refractivity contribution in [1.29, 1.82) is 0 Å². The number of nitrogens with zero attached hydrogens (tertiary/aromatic N) is 1. The van der Waals surface area contributed by atoms with Gasteiger partial charge in [0.1, 0.15) is 5.82 Å². The predicted octanol–water partition coefficient (Wildman–Crippen LogP) is 3.00. The second kappa shape index (κ2) is 6.33. The van der Waals surface area contributed by atoms with Crippen molar-refractivity contribution < 1.29 is 4.79 Å². The first-order chi connectivity index (χ1) is 9.13. The molecule has 19 heavy (non-hydrogen) atoms. The zero-order valence-electron chi connectivity index (χ0n) is 10.3. The molecule has 0 unspecified atom stereocenters. The van der Waals surface area contributed by atoms with Crippen molar-refractivity contribution >= 4 is 33.3 Å². The summed E-state index contributed by atoms with van der Waals surface area (Å²) in [6.07, 6.45) is 2.75. The topological polar surface area (TPSA) is 68.0 Å². The van der Waals surface area contributed by atoms with E-state index < -0.39 is 0 Å². The molecule has 0 radical (unpaired) electrons. The minimum Gasteiger partial charge on any atom is -0.399 e. The van der Waals surface area contributed by atoms with E-state index in [0.717, 1.165) is 15.7 Å². The maximum Gasteiger partial charge on any atom is 0.225 e. The minimum absolute atomic E-state index is 0.0494. The molecule has 0 aliphatic rings. The van der Waals surface area contributed by atoms with Gasteiger partial charge in [0, 0.05) is 22.8 Å². The first kappa shape index (κ1) is 13.5. The Morgan fingerprint density at radius 2 is 1.95 bits per heavy atom. The summed E-state index contributed by atoms with van der Waals surface area (Å²) in [5.41, 5.74) is 7.43. The molecule has 0 aliphatic heterocycles. The highest BCUT2D eigenvalue weighted by Gasteiger charge is 2.04. The van der Waals surface area contributed by atoms with Crippen LogP contribution < -0.4 is 11.1 Å². The number of pyridine rings is 1. The number of carbonyl (C=O) groups excluding carboxylic acids is 1. The number of benzene rings is 1. The van der Waals surface area contributed by atoms with E-state index >= 15 is 0 Å². The number of aryl methyl sites for hydroxylation is 1. The third kappa shape index (κ3) is 4.37. The van der Waals surface area contributed by atoms with Crippen molar-refractivity contribution in [3.05, 3.63) is 52.6 Å². The maximum absolute atomic E-state index is 11.8. The lowest BCUT2D eigenvalue weighted by Gasteiger charge is -2.05. The molecule has 98 valence electrons. The van der Waals surface area contributed by atoms with Crippen LogP contribution in [0.4, 0.5) is 11.5 Å². The molecule has 5 heteroatoms. The van der Waals surface area contributed by atoms with Gasteiger partial charge in [-0.15, -0.1) is 0 Å². The highest BCUT2D eigenvalue weighted by atomic mass is 79.9. The molecule has 0 saturated heterocycles. The zero-order chi connectivity index (χ0) is 13.7. The van der Waals surface area contributed by atoms with Crippen molar-refractivity contribution in [3.8, 4) is 0 Å². The number of anilines is 2. The van der Waals surface area contributed by atoms with Crippen molar-refractivity contribution in [2.24, 2.45) is 0 Å². The molecule has 0 bridgehead atoms. The number of aromatic nitrogens is 1. The van der Waals surface area contributed by atoms with Gasteiger partial charge in [-0.1, -0.05) is 12.1 Å². The Balaban J connectivity index is 1.84. The van der Waals surface area contributed by atoms with Gasteiger partial charge in [-0.05, 0) is 52.2 Å². The number of hydrogen-bond donors (Lipinski definition) is 2. The van der Waals surface area contributed by atoms with Crippen LogP contribution in [0.15, 0.2) is 47.1 Å². The molecule has 0 spiro atoms. The van der Waals surface area contributed by atoms with E-state index in [9.17, 15) is 4.79 Å². The average Bonchev–Trinajstić information content (AvgIpc) is 2.41. The molecule has 2 aromatic rings. The summed E-state index contributed by atoms with van der Waals surface area (Å²) in [4.78, 5) is 15.8. The highest BCUT2D eigenvalue weighted by Crippen LogP contribution is 2.11. The number of nitrogen functional groups attached to an aromatic ring is 1. The van der Waals surface area contributed by atoms with Gasteiger partial charge in [-0.3, -0.25) is 4.79 Å². The van der Waals surface area contributed by atoms with Gasteiger partial charge >= 0.3 is 0 Å². The van der Waals surface area contributed by atoms with Gasteiger partial charge in [0.25, 0.3) is 0 Å². The molecule has 0 aliphatic carbocycles. The Hall–Kier alpha value is -1.88. The number of carbonyl (C=O) groups is 1. The molecule has 0 fully saturated rings. The number of halogens is 1. The zero-order valence-corrected chi connectivity index (χ0v) is 11.9. The number of nitrogens with one attached hydrogen (secondary N) is 1. The molecule has 1 amide bonds. The summed E-state index contributed by atoms with van der Waals surface area (Å²) in [6.45, 7) is 0. The highest BCUT2D eigenvalue weighted by molar-refractivity contribution is 9.10. The Morgan fingerprint density at radius 3 is 2.58 bits per heavy atom. The Kier molecular flexibility index (Phi) is 4.52. The van der Waals surface area contributed by atoms with Gasteiger partial charge in [0.2, 0.25) is 5.91 Å². The number of amides is 1. The molecular weight excluding hydrogens is 306 g/mol. The van der Waals surface area contributed by atoms with Gasteiger partial charge in [0.05, 0.1) is 0 Å². The van der Waals surface area contributed by atoms with Crippen molar-refractivity contribution in [3.63, 3.8) is 0 Å². The first-order valence-corrected chi connectivity index (χ1v) is 6.68. The number of nitrogens with two attached hydrogens (primary N) is 1. The Labute approximate surface area is 120 Å². The van der Waals surface area contributed by atoms with Crippen LogP contribution in [0.1, 0.15) is 12.0 Å². The molecule has 4 nitrogen and oxygen atoms in total. The maximum atomic E-state index is 11.8. The van der Waals surface area contributed by atoms with Crippen LogP contribution in [0.25, 0.3) is 0 Å². The Morgan fingerprint density at radius 1 is 1.21 bits per heavy atom. The lowest BCUT2D eigenvalue weighted by Crippen LogP contribution is -2.13. The first-order valence-electron chi connectivity index (χ1n) is 5.89. The van der Waals surface area contributed by atoms with Gasteiger partial charge in [0.15, 0.2) is 0 Å².